The highest BCUT2D eigenvalue weighted by Crippen LogP contribution is 2.21. The van der Waals surface area contributed by atoms with E-state index in [1.807, 2.05) is 5.51 Å². The molecule has 0 saturated heterocycles. The second kappa shape index (κ2) is 7.50. The Balaban J connectivity index is 2.06. The molecule has 20 heavy (non-hydrogen) atoms. The maximum Gasteiger partial charge on any atom is 0.0795 e. The molecule has 0 spiro atoms. The predicted molar refractivity (Wildman–Crippen MR) is 82.5 cm³/mol. The van der Waals surface area contributed by atoms with Crippen LogP contribution < -0.4 is 5.73 Å². The number of rotatable bonds is 7. The number of nitrogens with two attached hydrogens (primary N) is 1. The van der Waals surface area contributed by atoms with E-state index in [4.69, 9.17) is 10.5 Å². The zero-order valence-electron chi connectivity index (χ0n) is 12.0. The van der Waals surface area contributed by atoms with Gasteiger partial charge in [0.2, 0.25) is 0 Å². The van der Waals surface area contributed by atoms with Crippen molar-refractivity contribution < 1.29 is 4.74 Å². The molecule has 0 saturated carbocycles. The lowest BCUT2D eigenvalue weighted by Gasteiger charge is -2.26. The molecule has 0 fully saturated rings. The van der Waals surface area contributed by atoms with E-state index in [9.17, 15) is 0 Å². The van der Waals surface area contributed by atoms with Crippen molar-refractivity contribution in [2.24, 2.45) is 5.73 Å². The smallest absolute Gasteiger partial charge is 0.0795 e. The lowest BCUT2D eigenvalue weighted by Crippen LogP contribution is -2.30. The molecule has 0 aliphatic heterocycles. The number of hydrogen-bond acceptors (Lipinski definition) is 5. The molecular weight excluding hydrogens is 270 g/mol. The summed E-state index contributed by atoms with van der Waals surface area (Å²) in [7, 11) is 3.79. The van der Waals surface area contributed by atoms with E-state index in [1.54, 1.807) is 18.4 Å². The van der Waals surface area contributed by atoms with Gasteiger partial charge in [-0.15, -0.1) is 11.3 Å². The number of thiazole rings is 1. The van der Waals surface area contributed by atoms with Crippen molar-refractivity contribution in [3.63, 3.8) is 0 Å². The zero-order chi connectivity index (χ0) is 14.4. The van der Waals surface area contributed by atoms with Gasteiger partial charge in [-0.05, 0) is 18.2 Å². The van der Waals surface area contributed by atoms with Crippen molar-refractivity contribution in [1.29, 1.82) is 0 Å². The summed E-state index contributed by atoms with van der Waals surface area (Å²) in [5, 5.41) is 2.08. The average Bonchev–Trinajstić information content (AvgIpc) is 2.95. The SMILES string of the molecule is COCc1ccc(C(CN)N(C)Cc2cscn2)cc1. The van der Waals surface area contributed by atoms with Crippen LogP contribution in [-0.4, -0.2) is 30.6 Å². The molecule has 5 heteroatoms. The van der Waals surface area contributed by atoms with Gasteiger partial charge in [0, 0.05) is 31.6 Å². The predicted octanol–water partition coefficient (Wildman–Crippen LogP) is 2.42. The second-order valence-electron chi connectivity index (χ2n) is 4.82. The van der Waals surface area contributed by atoms with E-state index < -0.39 is 0 Å². The molecular formula is C15H21N3OS. The fraction of sp³-hybridized carbons (Fsp3) is 0.400. The first-order chi connectivity index (χ1) is 9.74. The minimum Gasteiger partial charge on any atom is -0.380 e. The van der Waals surface area contributed by atoms with E-state index in [2.05, 4.69) is 46.6 Å². The molecule has 0 radical (unpaired) electrons. The third-order valence-corrected chi connectivity index (χ3v) is 3.96. The largest absolute Gasteiger partial charge is 0.380 e. The quantitative estimate of drug-likeness (QED) is 0.851. The van der Waals surface area contributed by atoms with Crippen molar-refractivity contribution in [3.8, 4) is 0 Å². The maximum atomic E-state index is 5.95. The molecule has 0 amide bonds. The van der Waals surface area contributed by atoms with Crippen molar-refractivity contribution in [3.05, 3.63) is 52.0 Å². The van der Waals surface area contributed by atoms with Crippen LogP contribution in [0.2, 0.25) is 0 Å². The van der Waals surface area contributed by atoms with Gasteiger partial charge >= 0.3 is 0 Å². The molecule has 1 heterocycles. The van der Waals surface area contributed by atoms with Crippen LogP contribution in [0.25, 0.3) is 0 Å². The number of methoxy groups -OCH3 is 1. The van der Waals surface area contributed by atoms with Crippen molar-refractivity contribution in [2.45, 2.75) is 19.2 Å². The number of ether oxygens (including phenoxy) is 1. The topological polar surface area (TPSA) is 51.4 Å². The normalized spacial score (nSPS) is 12.8. The molecule has 2 rings (SSSR count). The highest BCUT2D eigenvalue weighted by atomic mass is 32.1. The number of benzene rings is 1. The highest BCUT2D eigenvalue weighted by molar-refractivity contribution is 7.07. The molecule has 1 unspecified atom stereocenters. The third-order valence-electron chi connectivity index (χ3n) is 3.33. The second-order valence-corrected chi connectivity index (χ2v) is 5.54. The van der Waals surface area contributed by atoms with Crippen LogP contribution in [0.5, 0.6) is 0 Å². The lowest BCUT2D eigenvalue weighted by atomic mass is 10.0. The molecule has 0 bridgehead atoms. The van der Waals surface area contributed by atoms with Crippen LogP contribution in [0.4, 0.5) is 0 Å². The van der Waals surface area contributed by atoms with Crippen LogP contribution in [0.1, 0.15) is 22.9 Å². The zero-order valence-corrected chi connectivity index (χ0v) is 12.8. The molecule has 2 N–H and O–H groups in total. The van der Waals surface area contributed by atoms with E-state index in [-0.39, 0.29) is 6.04 Å². The minimum absolute atomic E-state index is 0.202. The van der Waals surface area contributed by atoms with Crippen LogP contribution in [0.15, 0.2) is 35.2 Å². The summed E-state index contributed by atoms with van der Waals surface area (Å²) in [6, 6.07) is 8.65. The molecule has 4 nitrogen and oxygen atoms in total. The Morgan fingerprint density at radius 2 is 2.10 bits per heavy atom. The Morgan fingerprint density at radius 3 is 2.65 bits per heavy atom. The fourth-order valence-corrected chi connectivity index (χ4v) is 2.80. The van der Waals surface area contributed by atoms with Crippen LogP contribution in [-0.2, 0) is 17.9 Å². The van der Waals surface area contributed by atoms with Crippen molar-refractivity contribution in [2.75, 3.05) is 20.7 Å². The summed E-state index contributed by atoms with van der Waals surface area (Å²) in [5.74, 6) is 0. The van der Waals surface area contributed by atoms with Gasteiger partial charge in [-0.3, -0.25) is 4.90 Å². The van der Waals surface area contributed by atoms with Gasteiger partial charge in [-0.1, -0.05) is 24.3 Å². The average molecular weight is 291 g/mol. The number of likely N-dealkylation sites (N-methyl/N-ethyl adjacent to an activating group) is 1. The Hall–Kier alpha value is -1.27. The summed E-state index contributed by atoms with van der Waals surface area (Å²) in [5.41, 5.74) is 11.3. The van der Waals surface area contributed by atoms with Gasteiger partial charge in [0.1, 0.15) is 0 Å². The molecule has 108 valence electrons. The fourth-order valence-electron chi connectivity index (χ4n) is 2.25. The minimum atomic E-state index is 0.202. The third kappa shape index (κ3) is 3.86. The lowest BCUT2D eigenvalue weighted by molar-refractivity contribution is 0.185. The Morgan fingerprint density at radius 1 is 1.35 bits per heavy atom. The van der Waals surface area contributed by atoms with Gasteiger partial charge in [0.15, 0.2) is 0 Å². The maximum absolute atomic E-state index is 5.95. The van der Waals surface area contributed by atoms with Gasteiger partial charge in [-0.25, -0.2) is 4.98 Å². The van der Waals surface area contributed by atoms with Gasteiger partial charge in [0.05, 0.1) is 17.8 Å². The molecule has 1 aromatic heterocycles. The first kappa shape index (κ1) is 15.1. The number of aromatic nitrogens is 1. The Bertz CT molecular complexity index is 498. The summed E-state index contributed by atoms with van der Waals surface area (Å²) in [6.45, 7) is 2.04. The van der Waals surface area contributed by atoms with Crippen LogP contribution in [0.3, 0.4) is 0 Å². The van der Waals surface area contributed by atoms with Crippen molar-refractivity contribution in [1.82, 2.24) is 9.88 Å². The van der Waals surface area contributed by atoms with Gasteiger partial charge in [0.25, 0.3) is 0 Å². The monoisotopic (exact) mass is 291 g/mol. The van der Waals surface area contributed by atoms with E-state index in [0.29, 0.717) is 13.2 Å². The first-order valence-corrected chi connectivity index (χ1v) is 7.54. The van der Waals surface area contributed by atoms with E-state index in [1.165, 1.54) is 11.1 Å². The standard InChI is InChI=1S/C15H21N3OS/c1-18(8-14-10-20-11-17-14)15(7-16)13-5-3-12(4-6-13)9-19-2/h3-6,10-11,15H,7-9,16H2,1-2H3. The molecule has 1 atom stereocenters. The molecule has 0 aliphatic rings. The highest BCUT2D eigenvalue weighted by Gasteiger charge is 2.16. The molecule has 2 aromatic rings. The summed E-state index contributed by atoms with van der Waals surface area (Å²) < 4.78 is 5.13. The Kier molecular flexibility index (Phi) is 5.67. The summed E-state index contributed by atoms with van der Waals surface area (Å²) >= 11 is 1.62. The van der Waals surface area contributed by atoms with E-state index in [0.717, 1.165) is 12.2 Å². The first-order valence-electron chi connectivity index (χ1n) is 6.59. The number of nitrogens with zero attached hydrogens (tertiary/aromatic N) is 2. The molecule has 0 aliphatic carbocycles. The van der Waals surface area contributed by atoms with Gasteiger partial charge in [-0.2, -0.15) is 0 Å². The Labute approximate surface area is 124 Å². The summed E-state index contributed by atoms with van der Waals surface area (Å²) in [4.78, 5) is 6.56. The molecule has 1 aromatic carbocycles. The number of hydrogen-bond donors (Lipinski definition) is 1. The van der Waals surface area contributed by atoms with Crippen molar-refractivity contribution >= 4 is 11.3 Å². The summed E-state index contributed by atoms with van der Waals surface area (Å²) in [6.07, 6.45) is 0. The van der Waals surface area contributed by atoms with E-state index >= 15 is 0 Å². The van der Waals surface area contributed by atoms with Crippen LogP contribution >= 0.6 is 11.3 Å². The van der Waals surface area contributed by atoms with Crippen LogP contribution in [0, 0.1) is 0 Å². The van der Waals surface area contributed by atoms with Gasteiger partial charge < -0.3 is 10.5 Å².